The SMILES string of the molecule is CCNC(Cc1ccc(F)c(Br)c1)c1ccc(F)c(F)c1. The van der Waals surface area contributed by atoms with Gasteiger partial charge in [-0.2, -0.15) is 0 Å². The van der Waals surface area contributed by atoms with Crippen molar-refractivity contribution >= 4 is 15.9 Å². The van der Waals surface area contributed by atoms with Crippen molar-refractivity contribution in [3.63, 3.8) is 0 Å². The zero-order valence-corrected chi connectivity index (χ0v) is 13.1. The standard InChI is InChI=1S/C16H15BrF3N/c1-2-21-16(11-4-6-14(19)15(20)9-11)8-10-3-5-13(18)12(17)7-10/h3-7,9,16,21H,2,8H2,1H3. The van der Waals surface area contributed by atoms with Crippen LogP contribution in [0.1, 0.15) is 24.1 Å². The van der Waals surface area contributed by atoms with E-state index in [0.717, 1.165) is 11.6 Å². The van der Waals surface area contributed by atoms with E-state index in [1.54, 1.807) is 18.2 Å². The van der Waals surface area contributed by atoms with E-state index in [2.05, 4.69) is 21.2 Å². The van der Waals surface area contributed by atoms with Gasteiger partial charge < -0.3 is 5.32 Å². The van der Waals surface area contributed by atoms with Gasteiger partial charge >= 0.3 is 0 Å². The highest BCUT2D eigenvalue weighted by Crippen LogP contribution is 2.23. The van der Waals surface area contributed by atoms with Gasteiger partial charge in [0.2, 0.25) is 0 Å². The number of rotatable bonds is 5. The molecule has 0 saturated carbocycles. The topological polar surface area (TPSA) is 12.0 Å². The van der Waals surface area contributed by atoms with E-state index in [-0.39, 0.29) is 11.9 Å². The van der Waals surface area contributed by atoms with Gasteiger partial charge in [-0.25, -0.2) is 13.2 Å². The molecule has 0 aliphatic carbocycles. The van der Waals surface area contributed by atoms with Gasteiger partial charge in [0.25, 0.3) is 0 Å². The van der Waals surface area contributed by atoms with Crippen molar-refractivity contribution < 1.29 is 13.2 Å². The molecule has 2 aromatic carbocycles. The van der Waals surface area contributed by atoms with Crippen LogP contribution in [-0.4, -0.2) is 6.54 Å². The van der Waals surface area contributed by atoms with Gasteiger partial charge in [-0.3, -0.25) is 0 Å². The van der Waals surface area contributed by atoms with Gasteiger partial charge in [0.1, 0.15) is 5.82 Å². The molecule has 0 aromatic heterocycles. The summed E-state index contributed by atoms with van der Waals surface area (Å²) in [4.78, 5) is 0. The number of nitrogens with one attached hydrogen (secondary N) is 1. The second-order valence-electron chi connectivity index (χ2n) is 4.74. The Hall–Kier alpha value is -1.33. The van der Waals surface area contributed by atoms with Crippen molar-refractivity contribution in [1.29, 1.82) is 0 Å². The third kappa shape index (κ3) is 4.08. The van der Waals surface area contributed by atoms with E-state index in [0.29, 0.717) is 23.0 Å². The molecule has 0 spiro atoms. The third-order valence-electron chi connectivity index (χ3n) is 3.22. The van der Waals surface area contributed by atoms with Crippen LogP contribution >= 0.6 is 15.9 Å². The minimum atomic E-state index is -0.865. The molecule has 0 fully saturated rings. The molecular formula is C16H15BrF3N. The highest BCUT2D eigenvalue weighted by Gasteiger charge is 2.14. The van der Waals surface area contributed by atoms with Crippen molar-refractivity contribution in [2.24, 2.45) is 0 Å². The first-order valence-corrected chi connectivity index (χ1v) is 7.42. The molecule has 0 aliphatic heterocycles. The van der Waals surface area contributed by atoms with Gasteiger partial charge in [-0.15, -0.1) is 0 Å². The van der Waals surface area contributed by atoms with Crippen LogP contribution in [0.3, 0.4) is 0 Å². The molecule has 1 unspecified atom stereocenters. The maximum atomic E-state index is 13.4. The molecule has 5 heteroatoms. The van der Waals surface area contributed by atoms with Crippen molar-refractivity contribution in [3.05, 3.63) is 69.4 Å². The lowest BCUT2D eigenvalue weighted by Gasteiger charge is -2.19. The minimum absolute atomic E-state index is 0.164. The summed E-state index contributed by atoms with van der Waals surface area (Å²) in [5, 5.41) is 3.23. The number of benzene rings is 2. The average Bonchev–Trinajstić information content (AvgIpc) is 2.45. The normalized spacial score (nSPS) is 12.4. The third-order valence-corrected chi connectivity index (χ3v) is 3.83. The molecular weight excluding hydrogens is 343 g/mol. The predicted molar refractivity (Wildman–Crippen MR) is 80.6 cm³/mol. The molecule has 1 N–H and O–H groups in total. The van der Waals surface area contributed by atoms with Gasteiger partial charge in [0, 0.05) is 6.04 Å². The van der Waals surface area contributed by atoms with Crippen molar-refractivity contribution in [1.82, 2.24) is 5.32 Å². The maximum Gasteiger partial charge on any atom is 0.159 e. The average molecular weight is 358 g/mol. The molecule has 1 atom stereocenters. The van der Waals surface area contributed by atoms with Gasteiger partial charge in [-0.1, -0.05) is 19.1 Å². The Morgan fingerprint density at radius 1 is 1.00 bits per heavy atom. The number of hydrogen-bond acceptors (Lipinski definition) is 1. The van der Waals surface area contributed by atoms with E-state index in [9.17, 15) is 13.2 Å². The first-order chi connectivity index (χ1) is 10.0. The lowest BCUT2D eigenvalue weighted by Crippen LogP contribution is -2.23. The molecule has 0 aliphatic rings. The van der Waals surface area contributed by atoms with Crippen molar-refractivity contribution in [3.8, 4) is 0 Å². The Bertz CT molecular complexity index is 631. The van der Waals surface area contributed by atoms with Crippen LogP contribution in [-0.2, 0) is 6.42 Å². The van der Waals surface area contributed by atoms with E-state index < -0.39 is 11.6 Å². The van der Waals surface area contributed by atoms with E-state index in [4.69, 9.17) is 0 Å². The summed E-state index contributed by atoms with van der Waals surface area (Å²) in [6, 6.07) is 8.47. The fourth-order valence-electron chi connectivity index (χ4n) is 2.19. The van der Waals surface area contributed by atoms with Crippen LogP contribution in [0.15, 0.2) is 40.9 Å². The first-order valence-electron chi connectivity index (χ1n) is 6.63. The fraction of sp³-hybridized carbons (Fsp3) is 0.250. The Morgan fingerprint density at radius 2 is 1.71 bits per heavy atom. The summed E-state index contributed by atoms with van der Waals surface area (Å²) in [6.07, 6.45) is 0.553. The predicted octanol–water partition coefficient (Wildman–Crippen LogP) is 4.76. The first kappa shape index (κ1) is 16.0. The zero-order chi connectivity index (χ0) is 15.4. The van der Waals surface area contributed by atoms with Gasteiger partial charge in [0.15, 0.2) is 11.6 Å². The summed E-state index contributed by atoms with van der Waals surface area (Å²) in [5.41, 5.74) is 1.56. The highest BCUT2D eigenvalue weighted by molar-refractivity contribution is 9.10. The summed E-state index contributed by atoms with van der Waals surface area (Å²) >= 11 is 3.15. The van der Waals surface area contributed by atoms with E-state index >= 15 is 0 Å². The number of likely N-dealkylation sites (N-methyl/N-ethyl adjacent to an activating group) is 1. The van der Waals surface area contributed by atoms with Gasteiger partial charge in [-0.05, 0) is 64.3 Å². The monoisotopic (exact) mass is 357 g/mol. The Labute approximate surface area is 130 Å². The van der Waals surface area contributed by atoms with Crippen molar-refractivity contribution in [2.75, 3.05) is 6.54 Å². The molecule has 0 bridgehead atoms. The van der Waals surface area contributed by atoms with Gasteiger partial charge in [0.05, 0.1) is 4.47 Å². The number of hydrogen-bond donors (Lipinski definition) is 1. The molecule has 1 nitrogen and oxygen atoms in total. The molecule has 2 aromatic rings. The fourth-order valence-corrected chi connectivity index (χ4v) is 2.61. The second kappa shape index (κ2) is 7.09. The highest BCUT2D eigenvalue weighted by atomic mass is 79.9. The second-order valence-corrected chi connectivity index (χ2v) is 5.59. The lowest BCUT2D eigenvalue weighted by molar-refractivity contribution is 0.497. The molecule has 0 heterocycles. The summed E-state index contributed by atoms with van der Waals surface area (Å²) < 4.78 is 40.0. The van der Waals surface area contributed by atoms with Crippen LogP contribution in [0.4, 0.5) is 13.2 Å². The molecule has 0 amide bonds. The summed E-state index contributed by atoms with van der Waals surface area (Å²) in [7, 11) is 0. The molecule has 21 heavy (non-hydrogen) atoms. The summed E-state index contributed by atoms with van der Waals surface area (Å²) in [5.74, 6) is -2.05. The summed E-state index contributed by atoms with van der Waals surface area (Å²) in [6.45, 7) is 2.62. The number of halogens is 4. The van der Waals surface area contributed by atoms with Crippen LogP contribution in [0.25, 0.3) is 0 Å². The van der Waals surface area contributed by atoms with Crippen LogP contribution in [0, 0.1) is 17.5 Å². The van der Waals surface area contributed by atoms with Crippen LogP contribution in [0.5, 0.6) is 0 Å². The van der Waals surface area contributed by atoms with Crippen LogP contribution < -0.4 is 5.32 Å². The Balaban J connectivity index is 2.25. The maximum absolute atomic E-state index is 13.4. The Kier molecular flexibility index (Phi) is 5.42. The minimum Gasteiger partial charge on any atom is -0.310 e. The van der Waals surface area contributed by atoms with Crippen molar-refractivity contribution in [2.45, 2.75) is 19.4 Å². The van der Waals surface area contributed by atoms with E-state index in [1.807, 2.05) is 6.92 Å². The lowest BCUT2D eigenvalue weighted by atomic mass is 9.98. The molecule has 0 saturated heterocycles. The molecule has 2 rings (SSSR count). The van der Waals surface area contributed by atoms with Crippen LogP contribution in [0.2, 0.25) is 0 Å². The largest absolute Gasteiger partial charge is 0.310 e. The Morgan fingerprint density at radius 3 is 2.33 bits per heavy atom. The quantitative estimate of drug-likeness (QED) is 0.813. The smallest absolute Gasteiger partial charge is 0.159 e. The molecule has 0 radical (unpaired) electrons. The molecule has 112 valence electrons. The zero-order valence-electron chi connectivity index (χ0n) is 11.5. The van der Waals surface area contributed by atoms with E-state index in [1.165, 1.54) is 12.1 Å².